The fourth-order valence-corrected chi connectivity index (χ4v) is 3.38. The number of hydrogen-bond donors (Lipinski definition) is 1. The first-order valence-electron chi connectivity index (χ1n) is 6.41. The smallest absolute Gasteiger partial charge is 0.225 e. The molecule has 0 saturated heterocycles. The lowest BCUT2D eigenvalue weighted by atomic mass is 10.3. The van der Waals surface area contributed by atoms with Gasteiger partial charge in [-0.05, 0) is 47.2 Å². The summed E-state index contributed by atoms with van der Waals surface area (Å²) >= 11 is 5.18. The lowest BCUT2D eigenvalue weighted by Crippen LogP contribution is -2.23. The van der Waals surface area contributed by atoms with E-state index in [-0.39, 0.29) is 5.91 Å². The van der Waals surface area contributed by atoms with Gasteiger partial charge < -0.3 is 10.2 Å². The summed E-state index contributed by atoms with van der Waals surface area (Å²) in [5.41, 5.74) is 0.849. The molecule has 1 amide bonds. The Morgan fingerprint density at radius 1 is 1.25 bits per heavy atom. The fourth-order valence-electron chi connectivity index (χ4n) is 1.82. The van der Waals surface area contributed by atoms with Gasteiger partial charge in [0.25, 0.3) is 0 Å². The van der Waals surface area contributed by atoms with Gasteiger partial charge in [0, 0.05) is 30.1 Å². The summed E-state index contributed by atoms with van der Waals surface area (Å²) in [5, 5.41) is 2.89. The van der Waals surface area contributed by atoms with E-state index in [1.165, 1.54) is 4.88 Å². The highest BCUT2D eigenvalue weighted by atomic mass is 79.9. The van der Waals surface area contributed by atoms with Crippen LogP contribution in [0, 0.1) is 0 Å². The second-order valence-electron chi connectivity index (χ2n) is 4.61. The predicted octanol–water partition coefficient (Wildman–Crippen LogP) is 3.97. The van der Waals surface area contributed by atoms with Gasteiger partial charge in [-0.1, -0.05) is 18.2 Å². The van der Waals surface area contributed by atoms with Gasteiger partial charge in [-0.25, -0.2) is 0 Å². The van der Waals surface area contributed by atoms with Gasteiger partial charge in [-0.3, -0.25) is 4.79 Å². The summed E-state index contributed by atoms with van der Waals surface area (Å²) in [6.45, 7) is 1.61. The average molecular weight is 353 g/mol. The van der Waals surface area contributed by atoms with Gasteiger partial charge in [0.05, 0.1) is 3.79 Å². The Balaban J connectivity index is 1.73. The molecule has 2 aromatic rings. The van der Waals surface area contributed by atoms with Crippen LogP contribution in [0.4, 0.5) is 5.69 Å². The van der Waals surface area contributed by atoms with Crippen LogP contribution in [-0.2, 0) is 11.3 Å². The molecule has 0 aliphatic carbocycles. The number of hydrogen-bond acceptors (Lipinski definition) is 3. The number of nitrogens with one attached hydrogen (secondary N) is 1. The summed E-state index contributed by atoms with van der Waals surface area (Å²) in [7, 11) is 2.03. The van der Waals surface area contributed by atoms with Crippen LogP contribution in [0.25, 0.3) is 0 Å². The highest BCUT2D eigenvalue weighted by Gasteiger charge is 2.07. The standard InChI is InChI=1S/C15H17BrN2OS/c1-18(11-13-7-8-14(16)20-13)10-9-15(19)17-12-5-3-2-4-6-12/h2-8H,9-11H2,1H3,(H,17,19). The number of thiophene rings is 1. The highest BCUT2D eigenvalue weighted by Crippen LogP contribution is 2.22. The zero-order valence-electron chi connectivity index (χ0n) is 11.3. The van der Waals surface area contributed by atoms with Crippen LogP contribution in [0.15, 0.2) is 46.3 Å². The molecule has 1 aromatic carbocycles. The van der Waals surface area contributed by atoms with Crippen LogP contribution in [-0.4, -0.2) is 24.4 Å². The summed E-state index contributed by atoms with van der Waals surface area (Å²) < 4.78 is 1.14. The van der Waals surface area contributed by atoms with E-state index in [1.807, 2.05) is 37.4 Å². The largest absolute Gasteiger partial charge is 0.326 e. The average Bonchev–Trinajstić information content (AvgIpc) is 2.83. The number of halogens is 1. The first kappa shape index (κ1) is 15.2. The van der Waals surface area contributed by atoms with Gasteiger partial charge in [0.2, 0.25) is 5.91 Å². The SMILES string of the molecule is CN(CCC(=O)Nc1ccccc1)Cc1ccc(Br)s1. The normalized spacial score (nSPS) is 10.8. The summed E-state index contributed by atoms with van der Waals surface area (Å²) in [6, 6.07) is 13.7. The van der Waals surface area contributed by atoms with Gasteiger partial charge in [0.15, 0.2) is 0 Å². The molecular weight excluding hydrogens is 336 g/mol. The lowest BCUT2D eigenvalue weighted by Gasteiger charge is -2.15. The Hall–Kier alpha value is -1.17. The van der Waals surface area contributed by atoms with Gasteiger partial charge in [0.1, 0.15) is 0 Å². The minimum absolute atomic E-state index is 0.0513. The van der Waals surface area contributed by atoms with Crippen LogP contribution >= 0.6 is 27.3 Å². The molecule has 0 atom stereocenters. The molecule has 1 N–H and O–H groups in total. The predicted molar refractivity (Wildman–Crippen MR) is 88.0 cm³/mol. The number of amides is 1. The molecule has 1 heterocycles. The van der Waals surface area contributed by atoms with E-state index < -0.39 is 0 Å². The molecule has 0 saturated carbocycles. The maximum absolute atomic E-state index is 11.8. The number of nitrogens with zero attached hydrogens (tertiary/aromatic N) is 1. The fraction of sp³-hybridized carbons (Fsp3) is 0.267. The van der Waals surface area contributed by atoms with Crippen molar-refractivity contribution in [3.63, 3.8) is 0 Å². The maximum atomic E-state index is 11.8. The molecule has 0 unspecified atom stereocenters. The van der Waals surface area contributed by atoms with E-state index in [9.17, 15) is 4.79 Å². The first-order chi connectivity index (χ1) is 9.63. The Kier molecular flexibility index (Phi) is 5.76. The topological polar surface area (TPSA) is 32.3 Å². The molecule has 0 spiro atoms. The van der Waals surface area contributed by atoms with E-state index in [0.29, 0.717) is 6.42 Å². The Bertz CT molecular complexity index is 556. The third-order valence-corrected chi connectivity index (χ3v) is 4.44. The van der Waals surface area contributed by atoms with Crippen molar-refractivity contribution >= 4 is 38.9 Å². The minimum atomic E-state index is 0.0513. The van der Waals surface area contributed by atoms with Crippen molar-refractivity contribution in [2.75, 3.05) is 18.9 Å². The van der Waals surface area contributed by atoms with Crippen molar-refractivity contribution in [3.8, 4) is 0 Å². The number of rotatable bonds is 6. The van der Waals surface area contributed by atoms with Crippen molar-refractivity contribution in [2.45, 2.75) is 13.0 Å². The molecule has 5 heteroatoms. The molecule has 1 aromatic heterocycles. The molecule has 0 fully saturated rings. The van der Waals surface area contributed by atoms with Crippen molar-refractivity contribution in [1.82, 2.24) is 4.90 Å². The first-order valence-corrected chi connectivity index (χ1v) is 8.02. The van der Waals surface area contributed by atoms with Crippen molar-refractivity contribution in [3.05, 3.63) is 51.1 Å². The number of benzene rings is 1. The zero-order valence-corrected chi connectivity index (χ0v) is 13.7. The molecule has 20 heavy (non-hydrogen) atoms. The third kappa shape index (κ3) is 5.07. The monoisotopic (exact) mass is 352 g/mol. The molecular formula is C15H17BrN2OS. The third-order valence-electron chi connectivity index (χ3n) is 2.83. The van der Waals surface area contributed by atoms with Crippen molar-refractivity contribution in [2.24, 2.45) is 0 Å². The summed E-state index contributed by atoms with van der Waals surface area (Å²) in [5.74, 6) is 0.0513. The minimum Gasteiger partial charge on any atom is -0.326 e. The molecule has 2 rings (SSSR count). The van der Waals surface area contributed by atoms with Crippen LogP contribution in [0.1, 0.15) is 11.3 Å². The quantitative estimate of drug-likeness (QED) is 0.852. The second-order valence-corrected chi connectivity index (χ2v) is 7.16. The summed E-state index contributed by atoms with van der Waals surface area (Å²) in [4.78, 5) is 15.3. The second kappa shape index (κ2) is 7.57. The molecule has 0 aliphatic heterocycles. The van der Waals surface area contributed by atoms with Crippen LogP contribution in [0.5, 0.6) is 0 Å². The van der Waals surface area contributed by atoms with Gasteiger partial charge >= 0.3 is 0 Å². The molecule has 0 radical (unpaired) electrons. The highest BCUT2D eigenvalue weighted by molar-refractivity contribution is 9.11. The van der Waals surface area contributed by atoms with Crippen LogP contribution in [0.3, 0.4) is 0 Å². The van der Waals surface area contributed by atoms with Crippen LogP contribution < -0.4 is 5.32 Å². The van der Waals surface area contributed by atoms with Crippen LogP contribution in [0.2, 0.25) is 0 Å². The number of anilines is 1. The molecule has 106 valence electrons. The number of para-hydroxylation sites is 1. The van der Waals surface area contributed by atoms with E-state index in [0.717, 1.165) is 22.6 Å². The van der Waals surface area contributed by atoms with Crippen molar-refractivity contribution in [1.29, 1.82) is 0 Å². The number of carbonyl (C=O) groups excluding carboxylic acids is 1. The van der Waals surface area contributed by atoms with Crippen molar-refractivity contribution < 1.29 is 4.79 Å². The summed E-state index contributed by atoms with van der Waals surface area (Å²) in [6.07, 6.45) is 0.498. The van der Waals surface area contributed by atoms with Gasteiger partial charge in [-0.2, -0.15) is 0 Å². The van der Waals surface area contributed by atoms with E-state index in [1.54, 1.807) is 11.3 Å². The van der Waals surface area contributed by atoms with Gasteiger partial charge in [-0.15, -0.1) is 11.3 Å². The maximum Gasteiger partial charge on any atom is 0.225 e. The molecule has 0 bridgehead atoms. The Morgan fingerprint density at radius 2 is 2.00 bits per heavy atom. The number of carbonyl (C=O) groups is 1. The van der Waals surface area contributed by atoms with E-state index in [4.69, 9.17) is 0 Å². The zero-order chi connectivity index (χ0) is 14.4. The van der Waals surface area contributed by atoms with E-state index in [2.05, 4.69) is 38.3 Å². The molecule has 0 aliphatic rings. The van der Waals surface area contributed by atoms with E-state index >= 15 is 0 Å². The molecule has 3 nitrogen and oxygen atoms in total. The Labute approximate surface area is 131 Å². The Morgan fingerprint density at radius 3 is 2.65 bits per heavy atom. The lowest BCUT2D eigenvalue weighted by molar-refractivity contribution is -0.116.